The molecule has 0 N–H and O–H groups in total. The minimum atomic E-state index is -0.371. The summed E-state index contributed by atoms with van der Waals surface area (Å²) in [5.74, 6) is 1.81. The van der Waals surface area contributed by atoms with Gasteiger partial charge in [-0.2, -0.15) is 0 Å². The zero-order valence-corrected chi connectivity index (χ0v) is 9.41. The highest BCUT2D eigenvalue weighted by Gasteiger charge is 2.31. The van der Waals surface area contributed by atoms with Crippen LogP contribution in [0.25, 0.3) is 6.08 Å². The first-order valence-corrected chi connectivity index (χ1v) is 5.26. The van der Waals surface area contributed by atoms with Crippen LogP contribution in [0.4, 0.5) is 0 Å². The molecule has 2 nitrogen and oxygen atoms in total. The number of rotatable bonds is 2. The van der Waals surface area contributed by atoms with Gasteiger partial charge in [-0.25, -0.2) is 0 Å². The van der Waals surface area contributed by atoms with Gasteiger partial charge in [0.05, 0.1) is 6.61 Å². The highest BCUT2D eigenvalue weighted by molar-refractivity contribution is 5.62. The van der Waals surface area contributed by atoms with Crippen LogP contribution in [0.5, 0.6) is 5.75 Å². The Morgan fingerprint density at radius 3 is 2.73 bits per heavy atom. The van der Waals surface area contributed by atoms with Crippen molar-refractivity contribution in [1.82, 2.24) is 0 Å². The van der Waals surface area contributed by atoms with Crippen molar-refractivity contribution in [3.05, 3.63) is 35.6 Å². The van der Waals surface area contributed by atoms with Gasteiger partial charge in [0.2, 0.25) is 0 Å². The summed E-state index contributed by atoms with van der Waals surface area (Å²) >= 11 is 0. The molecular formula is C13H16O2. The quantitative estimate of drug-likeness (QED) is 0.736. The molecule has 0 atom stereocenters. The monoisotopic (exact) mass is 204 g/mol. The highest BCUT2D eigenvalue weighted by atomic mass is 16.5. The first-order valence-electron chi connectivity index (χ1n) is 5.26. The van der Waals surface area contributed by atoms with E-state index in [2.05, 4.69) is 6.08 Å². The second kappa shape index (κ2) is 3.61. The van der Waals surface area contributed by atoms with Crippen molar-refractivity contribution in [2.45, 2.75) is 26.4 Å². The van der Waals surface area contributed by atoms with Crippen molar-refractivity contribution in [2.75, 3.05) is 6.61 Å². The maximum absolute atomic E-state index is 5.89. The number of para-hydroxylation sites is 1. The summed E-state index contributed by atoms with van der Waals surface area (Å²) < 4.78 is 11.5. The lowest BCUT2D eigenvalue weighted by Crippen LogP contribution is -2.34. The number of hydrogen-bond donors (Lipinski definition) is 0. The third kappa shape index (κ3) is 1.84. The third-order valence-corrected chi connectivity index (χ3v) is 2.46. The maximum Gasteiger partial charge on any atom is 0.160 e. The summed E-state index contributed by atoms with van der Waals surface area (Å²) in [7, 11) is 0. The van der Waals surface area contributed by atoms with Crippen LogP contribution in [0.15, 0.2) is 30.0 Å². The van der Waals surface area contributed by atoms with Crippen LogP contribution in [0.2, 0.25) is 0 Å². The Bertz CT molecular complexity index is 391. The summed E-state index contributed by atoms with van der Waals surface area (Å²) in [4.78, 5) is 0. The van der Waals surface area contributed by atoms with E-state index in [1.165, 1.54) is 0 Å². The Labute approximate surface area is 90.5 Å². The first-order chi connectivity index (χ1) is 7.13. The lowest BCUT2D eigenvalue weighted by molar-refractivity contribution is 0.0612. The molecule has 0 aromatic heterocycles. The minimum absolute atomic E-state index is 0.371. The standard InChI is InChI=1S/C13H16O2/c1-4-14-12-9-10-7-5-6-8-11(10)15-13(12,2)3/h5-9H,4H2,1-3H3. The largest absolute Gasteiger partial charge is 0.494 e. The number of ether oxygens (including phenoxy) is 2. The number of fused-ring (bicyclic) bond motifs is 1. The lowest BCUT2D eigenvalue weighted by atomic mass is 10.00. The van der Waals surface area contributed by atoms with Crippen LogP contribution in [-0.2, 0) is 4.74 Å². The molecule has 0 unspecified atom stereocenters. The van der Waals surface area contributed by atoms with Crippen molar-refractivity contribution in [1.29, 1.82) is 0 Å². The van der Waals surface area contributed by atoms with E-state index in [9.17, 15) is 0 Å². The van der Waals surface area contributed by atoms with Gasteiger partial charge in [0.15, 0.2) is 5.60 Å². The van der Waals surface area contributed by atoms with E-state index in [1.807, 2.05) is 45.0 Å². The number of hydrogen-bond acceptors (Lipinski definition) is 2. The predicted octanol–water partition coefficient (Wildman–Crippen LogP) is 3.24. The second-order valence-electron chi connectivity index (χ2n) is 4.09. The van der Waals surface area contributed by atoms with Crippen LogP contribution in [0.3, 0.4) is 0 Å². The molecule has 0 aliphatic carbocycles. The molecule has 1 aromatic carbocycles. The van der Waals surface area contributed by atoms with E-state index in [1.54, 1.807) is 0 Å². The van der Waals surface area contributed by atoms with E-state index in [4.69, 9.17) is 9.47 Å². The fraction of sp³-hybridized carbons (Fsp3) is 0.385. The first kappa shape index (κ1) is 10.1. The van der Waals surface area contributed by atoms with Gasteiger partial charge in [0, 0.05) is 5.56 Å². The van der Waals surface area contributed by atoms with Crippen molar-refractivity contribution in [3.63, 3.8) is 0 Å². The smallest absolute Gasteiger partial charge is 0.160 e. The van der Waals surface area contributed by atoms with E-state index in [0.717, 1.165) is 17.1 Å². The van der Waals surface area contributed by atoms with Crippen LogP contribution in [0, 0.1) is 0 Å². The molecular weight excluding hydrogens is 188 g/mol. The molecule has 2 heteroatoms. The van der Waals surface area contributed by atoms with Crippen LogP contribution >= 0.6 is 0 Å². The van der Waals surface area contributed by atoms with Crippen molar-refractivity contribution in [2.24, 2.45) is 0 Å². The molecule has 0 saturated carbocycles. The Balaban J connectivity index is 2.42. The zero-order chi connectivity index (χ0) is 10.9. The topological polar surface area (TPSA) is 18.5 Å². The molecule has 2 rings (SSSR count). The summed E-state index contributed by atoms with van der Waals surface area (Å²) in [5, 5.41) is 0. The van der Waals surface area contributed by atoms with Gasteiger partial charge in [-0.1, -0.05) is 18.2 Å². The Kier molecular flexibility index (Phi) is 2.43. The summed E-state index contributed by atoms with van der Waals surface area (Å²) in [6, 6.07) is 7.99. The summed E-state index contributed by atoms with van der Waals surface area (Å²) in [5.41, 5.74) is 0.713. The molecule has 1 aliphatic rings. The Morgan fingerprint density at radius 2 is 2.00 bits per heavy atom. The second-order valence-corrected chi connectivity index (χ2v) is 4.09. The van der Waals surface area contributed by atoms with Gasteiger partial charge in [0.1, 0.15) is 11.5 Å². The molecule has 0 amide bonds. The average Bonchev–Trinajstić information content (AvgIpc) is 2.18. The molecule has 0 saturated heterocycles. The van der Waals surface area contributed by atoms with Crippen LogP contribution < -0.4 is 4.74 Å². The Morgan fingerprint density at radius 1 is 1.27 bits per heavy atom. The van der Waals surface area contributed by atoms with Gasteiger partial charge in [-0.05, 0) is 32.9 Å². The molecule has 15 heavy (non-hydrogen) atoms. The summed E-state index contributed by atoms with van der Waals surface area (Å²) in [6.45, 7) is 6.69. The molecule has 0 fully saturated rings. The average molecular weight is 204 g/mol. The van der Waals surface area contributed by atoms with E-state index in [-0.39, 0.29) is 5.60 Å². The van der Waals surface area contributed by atoms with E-state index >= 15 is 0 Å². The normalized spacial score (nSPS) is 17.4. The fourth-order valence-electron chi connectivity index (χ4n) is 1.70. The Hall–Kier alpha value is -1.44. The van der Waals surface area contributed by atoms with Gasteiger partial charge in [0.25, 0.3) is 0 Å². The van der Waals surface area contributed by atoms with Crippen molar-refractivity contribution < 1.29 is 9.47 Å². The molecule has 0 radical (unpaired) electrons. The lowest BCUT2D eigenvalue weighted by Gasteiger charge is -2.33. The van der Waals surface area contributed by atoms with Gasteiger partial charge >= 0.3 is 0 Å². The SMILES string of the molecule is CCOC1=Cc2ccccc2OC1(C)C. The number of benzene rings is 1. The third-order valence-electron chi connectivity index (χ3n) is 2.46. The molecule has 1 aliphatic heterocycles. The van der Waals surface area contributed by atoms with Crippen LogP contribution in [-0.4, -0.2) is 12.2 Å². The van der Waals surface area contributed by atoms with Crippen molar-refractivity contribution in [3.8, 4) is 5.75 Å². The summed E-state index contributed by atoms with van der Waals surface area (Å²) in [6.07, 6.45) is 2.06. The molecule has 1 heterocycles. The molecule has 80 valence electrons. The maximum atomic E-state index is 5.89. The van der Waals surface area contributed by atoms with Crippen molar-refractivity contribution >= 4 is 6.08 Å². The van der Waals surface area contributed by atoms with E-state index < -0.39 is 0 Å². The minimum Gasteiger partial charge on any atom is -0.494 e. The zero-order valence-electron chi connectivity index (χ0n) is 9.41. The fourth-order valence-corrected chi connectivity index (χ4v) is 1.70. The molecule has 0 bridgehead atoms. The van der Waals surface area contributed by atoms with Crippen LogP contribution in [0.1, 0.15) is 26.3 Å². The van der Waals surface area contributed by atoms with E-state index in [0.29, 0.717) is 6.61 Å². The predicted molar refractivity (Wildman–Crippen MR) is 60.8 cm³/mol. The highest BCUT2D eigenvalue weighted by Crippen LogP contribution is 2.35. The molecule has 1 aromatic rings. The van der Waals surface area contributed by atoms with Gasteiger partial charge in [-0.3, -0.25) is 0 Å². The van der Waals surface area contributed by atoms with Gasteiger partial charge in [-0.15, -0.1) is 0 Å². The molecule has 0 spiro atoms. The van der Waals surface area contributed by atoms with Gasteiger partial charge < -0.3 is 9.47 Å².